The Morgan fingerprint density at radius 2 is 2.17 bits per heavy atom. The Kier molecular flexibility index (Phi) is 5.47. The summed E-state index contributed by atoms with van der Waals surface area (Å²) in [5.41, 5.74) is 5.67. The minimum atomic E-state index is -0.0707. The number of nitrogens with one attached hydrogen (secondary N) is 1. The molecule has 0 unspecified atom stereocenters. The lowest BCUT2D eigenvalue weighted by Gasteiger charge is -2.20. The zero-order chi connectivity index (χ0) is 13.6. The van der Waals surface area contributed by atoms with E-state index in [0.29, 0.717) is 19.1 Å². The summed E-state index contributed by atoms with van der Waals surface area (Å²) in [7, 11) is 0. The summed E-state index contributed by atoms with van der Waals surface area (Å²) < 4.78 is 6.54. The van der Waals surface area contributed by atoms with E-state index in [0.717, 1.165) is 10.2 Å². The van der Waals surface area contributed by atoms with E-state index in [2.05, 4.69) is 26.2 Å². The molecule has 0 heterocycles. The van der Waals surface area contributed by atoms with Gasteiger partial charge in [-0.3, -0.25) is 0 Å². The van der Waals surface area contributed by atoms with Crippen molar-refractivity contribution in [2.24, 2.45) is 10.7 Å². The van der Waals surface area contributed by atoms with Crippen LogP contribution in [0.1, 0.15) is 20.8 Å². The van der Waals surface area contributed by atoms with Crippen molar-refractivity contribution >= 4 is 21.9 Å². The molecule has 0 aromatic heterocycles. The Bertz CT molecular complexity index is 413. The maximum absolute atomic E-state index is 5.74. The molecule has 0 amide bonds. The van der Waals surface area contributed by atoms with E-state index in [1.54, 1.807) is 0 Å². The normalized spacial score (nSPS) is 12.3. The molecule has 0 radical (unpaired) electrons. The summed E-state index contributed by atoms with van der Waals surface area (Å²) in [5, 5.41) is 3.09. The first-order valence-electron chi connectivity index (χ1n) is 5.83. The van der Waals surface area contributed by atoms with Gasteiger partial charge in [-0.1, -0.05) is 22.0 Å². The monoisotopic (exact) mass is 313 g/mol. The van der Waals surface area contributed by atoms with Gasteiger partial charge in [-0.25, -0.2) is 4.99 Å². The lowest BCUT2D eigenvalue weighted by molar-refractivity contribution is 0.328. The minimum Gasteiger partial charge on any atom is -0.492 e. The number of rotatable bonds is 4. The number of hydrogen-bond acceptors (Lipinski definition) is 2. The van der Waals surface area contributed by atoms with Crippen LogP contribution in [0.5, 0.6) is 5.75 Å². The van der Waals surface area contributed by atoms with E-state index >= 15 is 0 Å². The summed E-state index contributed by atoms with van der Waals surface area (Å²) in [6.45, 7) is 7.14. The lowest BCUT2D eigenvalue weighted by atomic mass is 10.1. The molecule has 100 valence electrons. The van der Waals surface area contributed by atoms with Crippen molar-refractivity contribution in [3.63, 3.8) is 0 Å². The van der Waals surface area contributed by atoms with E-state index in [1.165, 1.54) is 0 Å². The summed E-state index contributed by atoms with van der Waals surface area (Å²) in [5.74, 6) is 1.27. The van der Waals surface area contributed by atoms with Gasteiger partial charge < -0.3 is 15.8 Å². The molecule has 1 rings (SSSR count). The van der Waals surface area contributed by atoms with Gasteiger partial charge in [0, 0.05) is 10.0 Å². The van der Waals surface area contributed by atoms with E-state index in [4.69, 9.17) is 10.5 Å². The standard InChI is InChI=1S/C13H20BrN3O/c1-13(2,3)17-12(15)16-7-8-18-11-6-4-5-10(14)9-11/h4-6,9H,7-8H2,1-3H3,(H3,15,16,17). The van der Waals surface area contributed by atoms with Gasteiger partial charge in [-0.2, -0.15) is 0 Å². The van der Waals surface area contributed by atoms with Gasteiger partial charge in [-0.15, -0.1) is 0 Å². The van der Waals surface area contributed by atoms with Crippen molar-refractivity contribution in [2.75, 3.05) is 13.2 Å². The van der Waals surface area contributed by atoms with Crippen LogP contribution in [-0.4, -0.2) is 24.7 Å². The lowest BCUT2D eigenvalue weighted by Crippen LogP contribution is -2.45. The van der Waals surface area contributed by atoms with Crippen LogP contribution >= 0.6 is 15.9 Å². The molecule has 0 spiro atoms. The molecular weight excluding hydrogens is 294 g/mol. The van der Waals surface area contributed by atoms with Crippen molar-refractivity contribution < 1.29 is 4.74 Å². The van der Waals surface area contributed by atoms with Crippen LogP contribution in [0, 0.1) is 0 Å². The van der Waals surface area contributed by atoms with Crippen LogP contribution in [0.3, 0.4) is 0 Å². The van der Waals surface area contributed by atoms with Gasteiger partial charge in [0.05, 0.1) is 6.54 Å². The highest BCUT2D eigenvalue weighted by Gasteiger charge is 2.09. The number of aliphatic imine (C=N–C) groups is 1. The van der Waals surface area contributed by atoms with Gasteiger partial charge in [-0.05, 0) is 39.0 Å². The van der Waals surface area contributed by atoms with Gasteiger partial charge in [0.2, 0.25) is 0 Å². The Balaban J connectivity index is 2.32. The molecule has 0 saturated heterocycles. The zero-order valence-corrected chi connectivity index (χ0v) is 12.6. The molecule has 0 atom stereocenters. The van der Waals surface area contributed by atoms with Gasteiger partial charge in [0.15, 0.2) is 5.96 Å². The first-order chi connectivity index (χ1) is 8.37. The minimum absolute atomic E-state index is 0.0707. The number of nitrogens with two attached hydrogens (primary N) is 1. The largest absolute Gasteiger partial charge is 0.492 e. The van der Waals surface area contributed by atoms with Gasteiger partial charge in [0.25, 0.3) is 0 Å². The predicted octanol–water partition coefficient (Wildman–Crippen LogP) is 2.53. The molecule has 0 saturated carbocycles. The number of hydrogen-bond donors (Lipinski definition) is 2. The molecule has 0 bridgehead atoms. The summed E-state index contributed by atoms with van der Waals surface area (Å²) in [6.07, 6.45) is 0. The van der Waals surface area contributed by atoms with E-state index in [9.17, 15) is 0 Å². The van der Waals surface area contributed by atoms with Crippen LogP contribution in [0.2, 0.25) is 0 Å². The molecule has 0 aliphatic heterocycles. The molecular formula is C13H20BrN3O. The Morgan fingerprint density at radius 1 is 1.44 bits per heavy atom. The quantitative estimate of drug-likeness (QED) is 0.510. The van der Waals surface area contributed by atoms with E-state index in [-0.39, 0.29) is 5.54 Å². The third-order valence-corrected chi connectivity index (χ3v) is 2.43. The third-order valence-electron chi connectivity index (χ3n) is 1.94. The number of halogens is 1. The van der Waals surface area contributed by atoms with Crippen LogP contribution in [0.15, 0.2) is 33.7 Å². The van der Waals surface area contributed by atoms with Crippen molar-refractivity contribution in [2.45, 2.75) is 26.3 Å². The van der Waals surface area contributed by atoms with Crippen LogP contribution in [0.4, 0.5) is 0 Å². The topological polar surface area (TPSA) is 59.6 Å². The molecule has 18 heavy (non-hydrogen) atoms. The molecule has 0 fully saturated rings. The molecule has 1 aromatic carbocycles. The van der Waals surface area contributed by atoms with Gasteiger partial charge in [0.1, 0.15) is 12.4 Å². The highest BCUT2D eigenvalue weighted by atomic mass is 79.9. The highest BCUT2D eigenvalue weighted by Crippen LogP contribution is 2.17. The van der Waals surface area contributed by atoms with Crippen molar-refractivity contribution in [1.29, 1.82) is 0 Å². The third kappa shape index (κ3) is 6.49. The first kappa shape index (κ1) is 14.8. The average Bonchev–Trinajstić information content (AvgIpc) is 2.22. The molecule has 3 N–H and O–H groups in total. The maximum Gasteiger partial charge on any atom is 0.189 e. The molecule has 1 aromatic rings. The number of benzene rings is 1. The summed E-state index contributed by atoms with van der Waals surface area (Å²) >= 11 is 3.39. The molecule has 4 nitrogen and oxygen atoms in total. The Hall–Kier alpha value is -1.23. The Labute approximate surface area is 117 Å². The number of guanidine groups is 1. The average molecular weight is 314 g/mol. The van der Waals surface area contributed by atoms with Crippen molar-refractivity contribution in [3.05, 3.63) is 28.7 Å². The fourth-order valence-electron chi connectivity index (χ4n) is 1.31. The summed E-state index contributed by atoms with van der Waals surface area (Å²) in [4.78, 5) is 4.19. The smallest absolute Gasteiger partial charge is 0.189 e. The van der Waals surface area contributed by atoms with Crippen LogP contribution < -0.4 is 15.8 Å². The van der Waals surface area contributed by atoms with Crippen molar-refractivity contribution in [3.8, 4) is 5.75 Å². The number of nitrogens with zero attached hydrogens (tertiary/aromatic N) is 1. The van der Waals surface area contributed by atoms with Crippen molar-refractivity contribution in [1.82, 2.24) is 5.32 Å². The Morgan fingerprint density at radius 3 is 2.78 bits per heavy atom. The van der Waals surface area contributed by atoms with E-state index < -0.39 is 0 Å². The SMILES string of the molecule is CC(C)(C)NC(N)=NCCOc1cccc(Br)c1. The van der Waals surface area contributed by atoms with Crippen LogP contribution in [0.25, 0.3) is 0 Å². The molecule has 5 heteroatoms. The van der Waals surface area contributed by atoms with Crippen LogP contribution in [-0.2, 0) is 0 Å². The second-order valence-electron chi connectivity index (χ2n) is 4.95. The molecule has 0 aliphatic carbocycles. The zero-order valence-electron chi connectivity index (χ0n) is 11.0. The number of ether oxygens (including phenoxy) is 1. The fourth-order valence-corrected chi connectivity index (χ4v) is 1.69. The van der Waals surface area contributed by atoms with Gasteiger partial charge >= 0.3 is 0 Å². The fraction of sp³-hybridized carbons (Fsp3) is 0.462. The highest BCUT2D eigenvalue weighted by molar-refractivity contribution is 9.10. The second kappa shape index (κ2) is 6.64. The maximum atomic E-state index is 5.74. The first-order valence-corrected chi connectivity index (χ1v) is 6.62. The summed E-state index contributed by atoms with van der Waals surface area (Å²) in [6, 6.07) is 7.71. The molecule has 0 aliphatic rings. The van der Waals surface area contributed by atoms with E-state index in [1.807, 2.05) is 45.0 Å². The predicted molar refractivity (Wildman–Crippen MR) is 79.0 cm³/mol. The second-order valence-corrected chi connectivity index (χ2v) is 5.86.